The zero-order chi connectivity index (χ0) is 18.5. The number of carbonyl (C=O) groups is 2. The molecule has 0 aliphatic heterocycles. The highest BCUT2D eigenvalue weighted by molar-refractivity contribution is 8.00. The highest BCUT2D eigenvalue weighted by Crippen LogP contribution is 2.20. The van der Waals surface area contributed by atoms with Gasteiger partial charge < -0.3 is 15.1 Å². The molecule has 6 nitrogen and oxygen atoms in total. The van der Waals surface area contributed by atoms with Gasteiger partial charge >= 0.3 is 0 Å². The molecule has 2 amide bonds. The number of aryl methyl sites for hydroxylation is 2. The minimum absolute atomic E-state index is 0.132. The number of hydrogen-bond acceptors (Lipinski definition) is 5. The van der Waals surface area contributed by atoms with Crippen LogP contribution in [-0.4, -0.2) is 28.3 Å². The van der Waals surface area contributed by atoms with Gasteiger partial charge in [-0.1, -0.05) is 12.1 Å². The molecule has 0 fully saturated rings. The van der Waals surface area contributed by atoms with E-state index in [0.29, 0.717) is 22.7 Å². The molecule has 0 spiro atoms. The van der Waals surface area contributed by atoms with E-state index in [1.165, 1.54) is 11.8 Å². The molecule has 0 saturated carbocycles. The van der Waals surface area contributed by atoms with Crippen LogP contribution in [0, 0.1) is 13.8 Å². The Kier molecular flexibility index (Phi) is 5.58. The van der Waals surface area contributed by atoms with E-state index >= 15 is 0 Å². The number of oxazole rings is 1. The number of carbonyl (C=O) groups excluding carboxylic acids is 2. The summed E-state index contributed by atoms with van der Waals surface area (Å²) in [5, 5.41) is 5.62. The Balaban J connectivity index is 1.45. The molecule has 0 bridgehead atoms. The van der Waals surface area contributed by atoms with E-state index in [2.05, 4.69) is 15.6 Å². The quantitative estimate of drug-likeness (QED) is 0.691. The van der Waals surface area contributed by atoms with Gasteiger partial charge in [-0.05, 0) is 42.8 Å². The minimum atomic E-state index is -0.169. The molecule has 7 heteroatoms. The van der Waals surface area contributed by atoms with Crippen molar-refractivity contribution < 1.29 is 14.0 Å². The lowest BCUT2D eigenvalue weighted by Gasteiger charge is -2.07. The van der Waals surface area contributed by atoms with Gasteiger partial charge in [0.15, 0.2) is 11.5 Å². The monoisotopic (exact) mass is 369 g/mol. The predicted molar refractivity (Wildman–Crippen MR) is 105 cm³/mol. The Morgan fingerprint density at radius 2 is 1.69 bits per heavy atom. The van der Waals surface area contributed by atoms with E-state index in [1.54, 1.807) is 25.1 Å². The molecule has 1 aromatic heterocycles. The molecule has 0 atom stereocenters. The lowest BCUT2D eigenvalue weighted by molar-refractivity contribution is -0.114. The van der Waals surface area contributed by atoms with Crippen LogP contribution in [0.5, 0.6) is 0 Å². The first-order valence-corrected chi connectivity index (χ1v) is 9.26. The first-order chi connectivity index (χ1) is 12.5. The summed E-state index contributed by atoms with van der Waals surface area (Å²) in [6.45, 7) is 3.74. The van der Waals surface area contributed by atoms with Gasteiger partial charge in [0.2, 0.25) is 11.8 Å². The van der Waals surface area contributed by atoms with Crippen molar-refractivity contribution in [3.05, 3.63) is 53.9 Å². The van der Waals surface area contributed by atoms with Gasteiger partial charge in [-0.2, -0.15) is 0 Å². The Morgan fingerprint density at radius 1 is 1.00 bits per heavy atom. The van der Waals surface area contributed by atoms with Crippen molar-refractivity contribution in [1.82, 2.24) is 4.98 Å². The van der Waals surface area contributed by atoms with E-state index in [1.807, 2.05) is 31.2 Å². The maximum absolute atomic E-state index is 12.0. The van der Waals surface area contributed by atoms with Crippen LogP contribution < -0.4 is 10.6 Å². The second kappa shape index (κ2) is 8.05. The van der Waals surface area contributed by atoms with Gasteiger partial charge in [0.05, 0.1) is 11.5 Å². The predicted octanol–water partition coefficient (Wildman–Crippen LogP) is 3.76. The number of nitrogens with one attached hydrogen (secondary N) is 2. The Hall–Kier alpha value is -2.80. The maximum Gasteiger partial charge on any atom is 0.234 e. The summed E-state index contributed by atoms with van der Waals surface area (Å²) in [7, 11) is 0. The standard InChI is InChI=1S/C19H19N3O3S/c1-12-4-3-5-14(8-12)21-18(23)10-26-11-19(24)22-15-6-7-17-16(9-15)20-13(2)25-17/h3-9H,10-11H2,1-2H3,(H,21,23)(H,22,24). The van der Waals surface area contributed by atoms with Crippen LogP contribution in [-0.2, 0) is 9.59 Å². The van der Waals surface area contributed by atoms with Gasteiger partial charge in [0.25, 0.3) is 0 Å². The van der Waals surface area contributed by atoms with Crippen molar-refractivity contribution in [3.63, 3.8) is 0 Å². The highest BCUT2D eigenvalue weighted by Gasteiger charge is 2.08. The van der Waals surface area contributed by atoms with Crippen molar-refractivity contribution in [2.75, 3.05) is 22.1 Å². The average molecular weight is 369 g/mol. The molecule has 0 aliphatic carbocycles. The van der Waals surface area contributed by atoms with Crippen molar-refractivity contribution in [2.24, 2.45) is 0 Å². The van der Waals surface area contributed by atoms with Gasteiger partial charge in [-0.25, -0.2) is 4.98 Å². The fourth-order valence-electron chi connectivity index (χ4n) is 2.47. The molecule has 134 valence electrons. The minimum Gasteiger partial charge on any atom is -0.441 e. The maximum atomic E-state index is 12.0. The number of amides is 2. The molecule has 0 unspecified atom stereocenters. The van der Waals surface area contributed by atoms with Crippen LogP contribution >= 0.6 is 11.8 Å². The molecule has 2 aromatic carbocycles. The van der Waals surface area contributed by atoms with E-state index in [4.69, 9.17) is 4.42 Å². The van der Waals surface area contributed by atoms with Crippen molar-refractivity contribution in [3.8, 4) is 0 Å². The van der Waals surface area contributed by atoms with Crippen molar-refractivity contribution in [1.29, 1.82) is 0 Å². The number of fused-ring (bicyclic) bond motifs is 1. The normalized spacial score (nSPS) is 10.7. The smallest absolute Gasteiger partial charge is 0.234 e. The molecule has 0 aliphatic rings. The molecule has 2 N–H and O–H groups in total. The van der Waals surface area contributed by atoms with Gasteiger partial charge in [-0.3, -0.25) is 9.59 Å². The fraction of sp³-hybridized carbons (Fsp3) is 0.211. The fourth-order valence-corrected chi connectivity index (χ4v) is 3.09. The third-order valence-electron chi connectivity index (χ3n) is 3.55. The summed E-state index contributed by atoms with van der Waals surface area (Å²) in [5.74, 6) is 0.685. The van der Waals surface area contributed by atoms with Crippen LogP contribution in [0.25, 0.3) is 11.1 Å². The van der Waals surface area contributed by atoms with Crippen LogP contribution in [0.1, 0.15) is 11.5 Å². The van der Waals surface area contributed by atoms with Crippen LogP contribution in [0.15, 0.2) is 46.9 Å². The highest BCUT2D eigenvalue weighted by atomic mass is 32.2. The Morgan fingerprint density at radius 3 is 2.38 bits per heavy atom. The third kappa shape index (κ3) is 4.86. The summed E-state index contributed by atoms with van der Waals surface area (Å²) in [5.41, 5.74) is 3.87. The van der Waals surface area contributed by atoms with E-state index in [9.17, 15) is 9.59 Å². The summed E-state index contributed by atoms with van der Waals surface area (Å²) in [6, 6.07) is 12.9. The third-order valence-corrected chi connectivity index (χ3v) is 4.48. The molecular weight excluding hydrogens is 350 g/mol. The number of anilines is 2. The number of hydrogen-bond donors (Lipinski definition) is 2. The van der Waals surface area contributed by atoms with Gasteiger partial charge in [0.1, 0.15) is 5.52 Å². The van der Waals surface area contributed by atoms with Crippen molar-refractivity contribution >= 4 is 46.1 Å². The number of benzene rings is 2. The molecule has 3 aromatic rings. The summed E-state index contributed by atoms with van der Waals surface area (Å²) in [4.78, 5) is 28.2. The molecule has 0 radical (unpaired) electrons. The average Bonchev–Trinajstić information content (AvgIpc) is 2.94. The first-order valence-electron chi connectivity index (χ1n) is 8.11. The van der Waals surface area contributed by atoms with Gasteiger partial charge in [0, 0.05) is 18.3 Å². The van der Waals surface area contributed by atoms with E-state index < -0.39 is 0 Å². The molecule has 3 rings (SSSR count). The lowest BCUT2D eigenvalue weighted by atomic mass is 10.2. The lowest BCUT2D eigenvalue weighted by Crippen LogP contribution is -2.18. The molecule has 0 saturated heterocycles. The number of nitrogens with zero attached hydrogens (tertiary/aromatic N) is 1. The SMILES string of the molecule is Cc1cccc(NC(=O)CSCC(=O)Nc2ccc3oc(C)nc3c2)c1. The number of rotatable bonds is 6. The second-order valence-corrected chi connectivity index (χ2v) is 6.86. The van der Waals surface area contributed by atoms with Crippen LogP contribution in [0.3, 0.4) is 0 Å². The largest absolute Gasteiger partial charge is 0.441 e. The Bertz CT molecular complexity index is 952. The van der Waals surface area contributed by atoms with E-state index in [0.717, 1.165) is 11.3 Å². The van der Waals surface area contributed by atoms with Crippen LogP contribution in [0.2, 0.25) is 0 Å². The zero-order valence-electron chi connectivity index (χ0n) is 14.5. The summed E-state index contributed by atoms with van der Waals surface area (Å²) < 4.78 is 5.40. The van der Waals surface area contributed by atoms with Crippen LogP contribution in [0.4, 0.5) is 11.4 Å². The molecule has 26 heavy (non-hydrogen) atoms. The number of aromatic nitrogens is 1. The Labute approximate surface area is 155 Å². The summed E-state index contributed by atoms with van der Waals surface area (Å²) >= 11 is 1.26. The number of thioether (sulfide) groups is 1. The van der Waals surface area contributed by atoms with Gasteiger partial charge in [-0.15, -0.1) is 11.8 Å². The molecular formula is C19H19N3O3S. The van der Waals surface area contributed by atoms with E-state index in [-0.39, 0.29) is 23.3 Å². The second-order valence-electron chi connectivity index (χ2n) is 5.87. The first kappa shape index (κ1) is 18.0. The summed E-state index contributed by atoms with van der Waals surface area (Å²) in [6.07, 6.45) is 0. The van der Waals surface area contributed by atoms with Crippen molar-refractivity contribution in [2.45, 2.75) is 13.8 Å². The topological polar surface area (TPSA) is 84.2 Å². The zero-order valence-corrected chi connectivity index (χ0v) is 15.4. The molecule has 1 heterocycles.